The van der Waals surface area contributed by atoms with E-state index in [-0.39, 0.29) is 18.4 Å². The van der Waals surface area contributed by atoms with Crippen molar-refractivity contribution < 1.29 is 19.1 Å². The Morgan fingerprint density at radius 2 is 1.92 bits per heavy atom. The number of methoxy groups -OCH3 is 2. The van der Waals surface area contributed by atoms with E-state index in [0.29, 0.717) is 18.0 Å². The maximum atomic E-state index is 11.2. The zero-order valence-electron chi connectivity index (χ0n) is 13.7. The lowest BCUT2D eigenvalue weighted by Crippen LogP contribution is -2.31. The third kappa shape index (κ3) is 3.00. The number of amides is 1. The van der Waals surface area contributed by atoms with E-state index >= 15 is 0 Å². The monoisotopic (exact) mass is 328 g/mol. The molecule has 2 aromatic carbocycles. The molecular formula is C18H20N2O4. The normalized spacial score (nSPS) is 16.3. The summed E-state index contributed by atoms with van der Waals surface area (Å²) in [7, 11) is 3.20. The number of primary amides is 1. The summed E-state index contributed by atoms with van der Waals surface area (Å²) in [6.07, 6.45) is 0.220. The zero-order chi connectivity index (χ0) is 17.1. The number of fused-ring (bicyclic) bond motifs is 1. The molecule has 0 bridgehead atoms. The maximum absolute atomic E-state index is 11.2. The highest BCUT2D eigenvalue weighted by molar-refractivity contribution is 5.73. The number of nitrogens with zero attached hydrogens (tertiary/aromatic N) is 1. The molecule has 1 heterocycles. The van der Waals surface area contributed by atoms with E-state index in [9.17, 15) is 4.79 Å². The summed E-state index contributed by atoms with van der Waals surface area (Å²) in [4.78, 5) is 17.1. The number of hydrogen-bond acceptors (Lipinski definition) is 5. The average molecular weight is 328 g/mol. The molecule has 0 saturated heterocycles. The molecule has 0 saturated carbocycles. The van der Waals surface area contributed by atoms with Gasteiger partial charge in [0, 0.05) is 18.5 Å². The van der Waals surface area contributed by atoms with Gasteiger partial charge in [-0.1, -0.05) is 24.3 Å². The standard InChI is InChI=1S/C18H20N2O4/c1-22-15-8-7-12(11-16(15)23-2)18-13-5-3-4-6-14(13)24-20(18)10-9-17(19)21/h3-8,11,18H,9-10H2,1-2H3,(H2,19,21). The third-order valence-electron chi connectivity index (χ3n) is 4.02. The van der Waals surface area contributed by atoms with Crippen LogP contribution in [-0.4, -0.2) is 31.7 Å². The summed E-state index contributed by atoms with van der Waals surface area (Å²) >= 11 is 0. The van der Waals surface area contributed by atoms with Gasteiger partial charge in [-0.25, -0.2) is 0 Å². The molecule has 6 heteroatoms. The molecule has 0 spiro atoms. The zero-order valence-corrected chi connectivity index (χ0v) is 13.7. The van der Waals surface area contributed by atoms with Crippen LogP contribution < -0.4 is 20.0 Å². The first-order chi connectivity index (χ1) is 11.6. The van der Waals surface area contributed by atoms with Crippen molar-refractivity contribution in [2.75, 3.05) is 20.8 Å². The lowest BCUT2D eigenvalue weighted by molar-refractivity contribution is -0.121. The van der Waals surface area contributed by atoms with Crippen LogP contribution in [0.3, 0.4) is 0 Å². The maximum Gasteiger partial charge on any atom is 0.218 e. The molecule has 0 aromatic heterocycles. The minimum Gasteiger partial charge on any atom is -0.493 e. The number of carbonyl (C=O) groups excluding carboxylic acids is 1. The minimum atomic E-state index is -0.361. The number of carbonyl (C=O) groups is 1. The summed E-state index contributed by atoms with van der Waals surface area (Å²) in [5.41, 5.74) is 7.31. The summed E-state index contributed by atoms with van der Waals surface area (Å²) in [6, 6.07) is 13.4. The van der Waals surface area contributed by atoms with E-state index in [1.165, 1.54) is 0 Å². The SMILES string of the molecule is COc1ccc(C2c3ccccc3ON2CCC(N)=O)cc1OC. The Balaban J connectivity index is 1.99. The fraction of sp³-hybridized carbons (Fsp3) is 0.278. The topological polar surface area (TPSA) is 74.0 Å². The number of rotatable bonds is 6. The largest absolute Gasteiger partial charge is 0.493 e. The van der Waals surface area contributed by atoms with Gasteiger partial charge in [0.2, 0.25) is 5.91 Å². The van der Waals surface area contributed by atoms with Gasteiger partial charge >= 0.3 is 0 Å². The van der Waals surface area contributed by atoms with Crippen LogP contribution in [0.25, 0.3) is 0 Å². The smallest absolute Gasteiger partial charge is 0.218 e. The lowest BCUT2D eigenvalue weighted by atomic mass is 9.98. The minimum absolute atomic E-state index is 0.139. The number of para-hydroxylation sites is 1. The van der Waals surface area contributed by atoms with Crippen molar-refractivity contribution in [3.63, 3.8) is 0 Å². The van der Waals surface area contributed by atoms with Crippen LogP contribution >= 0.6 is 0 Å². The molecule has 0 fully saturated rings. The van der Waals surface area contributed by atoms with Gasteiger partial charge in [-0.2, -0.15) is 0 Å². The van der Waals surface area contributed by atoms with Crippen LogP contribution in [0.1, 0.15) is 23.6 Å². The van der Waals surface area contributed by atoms with Crippen molar-refractivity contribution in [1.29, 1.82) is 0 Å². The van der Waals surface area contributed by atoms with Gasteiger partial charge in [-0.15, -0.1) is 5.06 Å². The van der Waals surface area contributed by atoms with E-state index < -0.39 is 0 Å². The van der Waals surface area contributed by atoms with Crippen molar-refractivity contribution in [3.8, 4) is 17.2 Å². The molecule has 1 amide bonds. The van der Waals surface area contributed by atoms with Crippen molar-refractivity contribution in [3.05, 3.63) is 53.6 Å². The van der Waals surface area contributed by atoms with Gasteiger partial charge in [-0.05, 0) is 23.8 Å². The first-order valence-corrected chi connectivity index (χ1v) is 7.67. The molecule has 2 N–H and O–H groups in total. The van der Waals surface area contributed by atoms with Crippen LogP contribution in [0.15, 0.2) is 42.5 Å². The summed E-state index contributed by atoms with van der Waals surface area (Å²) in [5, 5.41) is 1.77. The summed E-state index contributed by atoms with van der Waals surface area (Å²) in [5.74, 6) is 1.73. The van der Waals surface area contributed by atoms with Gasteiger partial charge in [0.05, 0.1) is 20.3 Å². The number of ether oxygens (including phenoxy) is 2. The van der Waals surface area contributed by atoms with Crippen LogP contribution in [0, 0.1) is 0 Å². The highest BCUT2D eigenvalue weighted by Gasteiger charge is 2.34. The number of nitrogens with two attached hydrogens (primary N) is 1. The van der Waals surface area contributed by atoms with Crippen LogP contribution in [0.4, 0.5) is 0 Å². The molecule has 1 unspecified atom stereocenters. The van der Waals surface area contributed by atoms with E-state index in [2.05, 4.69) is 0 Å². The molecule has 2 aromatic rings. The Morgan fingerprint density at radius 3 is 2.62 bits per heavy atom. The second-order valence-electron chi connectivity index (χ2n) is 5.50. The fourth-order valence-electron chi connectivity index (χ4n) is 2.89. The Hall–Kier alpha value is -2.73. The number of hydrogen-bond donors (Lipinski definition) is 1. The summed E-state index contributed by atoms with van der Waals surface area (Å²) in [6.45, 7) is 0.406. The average Bonchev–Trinajstić information content (AvgIpc) is 2.97. The van der Waals surface area contributed by atoms with Crippen molar-refractivity contribution >= 4 is 5.91 Å². The van der Waals surface area contributed by atoms with Crippen LogP contribution in [0.2, 0.25) is 0 Å². The predicted molar refractivity (Wildman–Crippen MR) is 89.0 cm³/mol. The molecule has 6 nitrogen and oxygen atoms in total. The van der Waals surface area contributed by atoms with Gasteiger partial charge in [-0.3, -0.25) is 4.79 Å². The van der Waals surface area contributed by atoms with Gasteiger partial charge in [0.25, 0.3) is 0 Å². The molecule has 24 heavy (non-hydrogen) atoms. The molecule has 1 aliphatic heterocycles. The second kappa shape index (κ2) is 6.80. The highest BCUT2D eigenvalue weighted by atomic mass is 16.7. The van der Waals surface area contributed by atoms with E-state index in [1.807, 2.05) is 42.5 Å². The van der Waals surface area contributed by atoms with Crippen LogP contribution in [-0.2, 0) is 4.79 Å². The fourth-order valence-corrected chi connectivity index (χ4v) is 2.89. The first-order valence-electron chi connectivity index (χ1n) is 7.67. The Labute approximate surface area is 140 Å². The van der Waals surface area contributed by atoms with Gasteiger partial charge < -0.3 is 20.0 Å². The Bertz CT molecular complexity index is 748. The van der Waals surface area contributed by atoms with Gasteiger partial charge in [0.15, 0.2) is 17.2 Å². The molecule has 0 aliphatic carbocycles. The first kappa shape index (κ1) is 16.1. The van der Waals surface area contributed by atoms with Crippen molar-refractivity contribution in [2.24, 2.45) is 5.73 Å². The molecule has 126 valence electrons. The Kier molecular flexibility index (Phi) is 4.57. The molecule has 3 rings (SSSR count). The quantitative estimate of drug-likeness (QED) is 0.880. The van der Waals surface area contributed by atoms with E-state index in [0.717, 1.165) is 16.9 Å². The lowest BCUT2D eigenvalue weighted by Gasteiger charge is -2.23. The molecular weight excluding hydrogens is 308 g/mol. The second-order valence-corrected chi connectivity index (χ2v) is 5.50. The van der Waals surface area contributed by atoms with Crippen LogP contribution in [0.5, 0.6) is 17.2 Å². The molecule has 0 radical (unpaired) electrons. The van der Waals surface area contributed by atoms with Crippen molar-refractivity contribution in [1.82, 2.24) is 5.06 Å². The number of benzene rings is 2. The predicted octanol–water partition coefficient (Wildman–Crippen LogP) is 2.28. The Morgan fingerprint density at radius 1 is 1.17 bits per heavy atom. The van der Waals surface area contributed by atoms with Gasteiger partial charge in [0.1, 0.15) is 0 Å². The number of hydroxylamine groups is 2. The highest BCUT2D eigenvalue weighted by Crippen LogP contribution is 2.43. The van der Waals surface area contributed by atoms with E-state index in [1.54, 1.807) is 19.3 Å². The summed E-state index contributed by atoms with van der Waals surface area (Å²) < 4.78 is 10.7. The van der Waals surface area contributed by atoms with Crippen molar-refractivity contribution in [2.45, 2.75) is 12.5 Å². The third-order valence-corrected chi connectivity index (χ3v) is 4.02. The van der Waals surface area contributed by atoms with E-state index in [4.69, 9.17) is 20.0 Å². The molecule has 1 aliphatic rings. The molecule has 1 atom stereocenters.